The van der Waals surface area contributed by atoms with Gasteiger partial charge in [0.15, 0.2) is 0 Å². The molecule has 6 heteroatoms. The molecule has 2 aromatic rings. The van der Waals surface area contributed by atoms with Gasteiger partial charge < -0.3 is 19.6 Å². The fraction of sp³-hybridized carbons (Fsp3) is 0.407. The number of aliphatic hydroxyl groups excluding tert-OH is 1. The summed E-state index contributed by atoms with van der Waals surface area (Å²) in [6.07, 6.45) is 0. The van der Waals surface area contributed by atoms with E-state index in [9.17, 15) is 14.7 Å². The second-order valence-corrected chi connectivity index (χ2v) is 9.39. The number of nitrogens with zero attached hydrogens (tertiary/aromatic N) is 2. The standard InChI is InChI=1S/C27H34N2O4/c1-17(2)16-33-22-12-11-21(15-19(22)4)25(30)23-24(20-9-7-18(3)8-10-20)29(14-13-28(5)6)27(32)26(23)31/h7-12,15,17,24,30H,13-14,16H2,1-6H3/t24-/m0/s1. The summed E-state index contributed by atoms with van der Waals surface area (Å²) in [5, 5.41) is 11.3. The van der Waals surface area contributed by atoms with Crippen LogP contribution in [0.3, 0.4) is 0 Å². The van der Waals surface area contributed by atoms with Gasteiger partial charge in [-0.3, -0.25) is 9.59 Å². The normalized spacial score (nSPS) is 17.9. The van der Waals surface area contributed by atoms with Gasteiger partial charge in [-0.1, -0.05) is 43.7 Å². The van der Waals surface area contributed by atoms with Gasteiger partial charge in [0.2, 0.25) is 0 Å². The molecule has 0 spiro atoms. The Morgan fingerprint density at radius 1 is 1.09 bits per heavy atom. The van der Waals surface area contributed by atoms with Gasteiger partial charge in [-0.25, -0.2) is 0 Å². The molecule has 2 aromatic carbocycles. The minimum atomic E-state index is -0.658. The molecule has 1 saturated heterocycles. The molecule has 1 fully saturated rings. The molecule has 33 heavy (non-hydrogen) atoms. The van der Waals surface area contributed by atoms with Gasteiger partial charge in [-0.2, -0.15) is 0 Å². The molecule has 1 N–H and O–H groups in total. The van der Waals surface area contributed by atoms with E-state index >= 15 is 0 Å². The molecule has 1 aliphatic rings. The number of ketones is 1. The molecule has 1 heterocycles. The first-order valence-corrected chi connectivity index (χ1v) is 11.3. The Labute approximate surface area is 196 Å². The maximum atomic E-state index is 13.1. The Balaban J connectivity index is 2.06. The number of ether oxygens (including phenoxy) is 1. The van der Waals surface area contributed by atoms with E-state index in [1.807, 2.05) is 57.1 Å². The average molecular weight is 451 g/mol. The zero-order chi connectivity index (χ0) is 24.3. The van der Waals surface area contributed by atoms with Gasteiger partial charge in [-0.05, 0) is 63.2 Å². The number of likely N-dealkylation sites (N-methyl/N-ethyl adjacent to an activating group) is 1. The largest absolute Gasteiger partial charge is 0.507 e. The lowest BCUT2D eigenvalue weighted by atomic mass is 9.94. The van der Waals surface area contributed by atoms with Gasteiger partial charge >= 0.3 is 0 Å². The summed E-state index contributed by atoms with van der Waals surface area (Å²) in [6.45, 7) is 9.63. The molecule has 0 bridgehead atoms. The van der Waals surface area contributed by atoms with E-state index in [4.69, 9.17) is 4.74 Å². The number of carbonyl (C=O) groups is 2. The Bertz CT molecular complexity index is 1050. The fourth-order valence-corrected chi connectivity index (χ4v) is 3.88. The van der Waals surface area contributed by atoms with Crippen molar-refractivity contribution in [1.29, 1.82) is 0 Å². The zero-order valence-corrected chi connectivity index (χ0v) is 20.4. The number of aryl methyl sites for hydroxylation is 2. The van der Waals surface area contributed by atoms with E-state index in [0.717, 1.165) is 22.4 Å². The summed E-state index contributed by atoms with van der Waals surface area (Å²) in [6, 6.07) is 12.4. The number of Topliss-reactive ketones (excluding diaryl/α,β-unsaturated/α-hetero) is 1. The lowest BCUT2D eigenvalue weighted by Gasteiger charge is -2.26. The van der Waals surface area contributed by atoms with E-state index in [1.54, 1.807) is 23.1 Å². The van der Waals surface area contributed by atoms with Crippen molar-refractivity contribution < 1.29 is 19.4 Å². The molecule has 0 radical (unpaired) electrons. The van der Waals surface area contributed by atoms with Crippen molar-refractivity contribution in [3.63, 3.8) is 0 Å². The van der Waals surface area contributed by atoms with Crippen LogP contribution < -0.4 is 4.74 Å². The number of likely N-dealkylation sites (tertiary alicyclic amines) is 1. The van der Waals surface area contributed by atoms with Gasteiger partial charge in [0, 0.05) is 18.7 Å². The molecular weight excluding hydrogens is 416 g/mol. The number of aliphatic hydroxyl groups is 1. The number of hydrogen-bond acceptors (Lipinski definition) is 5. The second kappa shape index (κ2) is 10.2. The molecule has 0 aromatic heterocycles. The van der Waals surface area contributed by atoms with Crippen LogP contribution >= 0.6 is 0 Å². The summed E-state index contributed by atoms with van der Waals surface area (Å²) in [5.41, 5.74) is 3.35. The molecule has 1 aliphatic heterocycles. The second-order valence-electron chi connectivity index (χ2n) is 9.39. The van der Waals surface area contributed by atoms with E-state index < -0.39 is 17.7 Å². The fourth-order valence-electron chi connectivity index (χ4n) is 3.88. The highest BCUT2D eigenvalue weighted by Crippen LogP contribution is 2.39. The van der Waals surface area contributed by atoms with Crippen LogP contribution in [0.15, 0.2) is 48.0 Å². The Kier molecular flexibility index (Phi) is 7.59. The first-order chi connectivity index (χ1) is 15.6. The molecule has 176 valence electrons. The Hall–Kier alpha value is -3.12. The molecule has 6 nitrogen and oxygen atoms in total. The zero-order valence-electron chi connectivity index (χ0n) is 20.4. The molecular formula is C27H34N2O4. The maximum absolute atomic E-state index is 13.1. The minimum absolute atomic E-state index is 0.123. The highest BCUT2D eigenvalue weighted by molar-refractivity contribution is 6.46. The summed E-state index contributed by atoms with van der Waals surface area (Å²) in [4.78, 5) is 29.6. The molecule has 3 rings (SSSR count). The van der Waals surface area contributed by atoms with Gasteiger partial charge in [-0.15, -0.1) is 0 Å². The number of benzene rings is 2. The number of hydrogen-bond donors (Lipinski definition) is 1. The average Bonchev–Trinajstić information content (AvgIpc) is 3.01. The molecule has 1 atom stereocenters. The Morgan fingerprint density at radius 3 is 2.33 bits per heavy atom. The third-order valence-corrected chi connectivity index (χ3v) is 5.74. The van der Waals surface area contributed by atoms with Crippen molar-refractivity contribution in [2.45, 2.75) is 33.7 Å². The smallest absolute Gasteiger partial charge is 0.295 e. The van der Waals surface area contributed by atoms with Crippen LogP contribution in [0.2, 0.25) is 0 Å². The van der Waals surface area contributed by atoms with Crippen LogP contribution in [-0.2, 0) is 9.59 Å². The highest BCUT2D eigenvalue weighted by atomic mass is 16.5. The van der Waals surface area contributed by atoms with Crippen molar-refractivity contribution >= 4 is 17.4 Å². The third kappa shape index (κ3) is 5.45. The van der Waals surface area contributed by atoms with Crippen molar-refractivity contribution in [3.8, 4) is 5.75 Å². The predicted octanol–water partition coefficient (Wildman–Crippen LogP) is 4.32. The van der Waals surface area contributed by atoms with E-state index in [1.165, 1.54) is 0 Å². The van der Waals surface area contributed by atoms with E-state index in [2.05, 4.69) is 13.8 Å². The minimum Gasteiger partial charge on any atom is -0.507 e. The van der Waals surface area contributed by atoms with Gasteiger partial charge in [0.05, 0.1) is 18.2 Å². The number of rotatable bonds is 8. The molecule has 0 aliphatic carbocycles. The molecule has 0 saturated carbocycles. The quantitative estimate of drug-likeness (QED) is 0.368. The summed E-state index contributed by atoms with van der Waals surface area (Å²) in [7, 11) is 3.84. The number of amides is 1. The third-order valence-electron chi connectivity index (χ3n) is 5.74. The van der Waals surface area contributed by atoms with Crippen LogP contribution in [-0.4, -0.2) is 60.4 Å². The molecule has 0 unspecified atom stereocenters. The van der Waals surface area contributed by atoms with Gasteiger partial charge in [0.25, 0.3) is 11.7 Å². The first-order valence-electron chi connectivity index (χ1n) is 11.3. The van der Waals surface area contributed by atoms with Crippen LogP contribution in [0.25, 0.3) is 5.76 Å². The van der Waals surface area contributed by atoms with Crippen LogP contribution in [0.4, 0.5) is 0 Å². The lowest BCUT2D eigenvalue weighted by Crippen LogP contribution is -2.35. The Morgan fingerprint density at radius 2 is 1.76 bits per heavy atom. The summed E-state index contributed by atoms with van der Waals surface area (Å²) < 4.78 is 5.84. The lowest BCUT2D eigenvalue weighted by molar-refractivity contribution is -0.140. The van der Waals surface area contributed by atoms with Crippen LogP contribution in [0.1, 0.15) is 42.1 Å². The first kappa shape index (κ1) is 24.5. The monoisotopic (exact) mass is 450 g/mol. The van der Waals surface area contributed by atoms with Crippen molar-refractivity contribution in [1.82, 2.24) is 9.80 Å². The van der Waals surface area contributed by atoms with Crippen LogP contribution in [0, 0.1) is 19.8 Å². The van der Waals surface area contributed by atoms with Crippen molar-refractivity contribution in [2.24, 2.45) is 5.92 Å². The predicted molar refractivity (Wildman–Crippen MR) is 130 cm³/mol. The number of carbonyl (C=O) groups excluding carboxylic acids is 2. The SMILES string of the molecule is Cc1ccc([C@H]2C(=C(O)c3ccc(OCC(C)C)c(C)c3)C(=O)C(=O)N2CCN(C)C)cc1. The maximum Gasteiger partial charge on any atom is 0.295 e. The van der Waals surface area contributed by atoms with E-state index in [-0.39, 0.29) is 11.3 Å². The topological polar surface area (TPSA) is 70.1 Å². The van der Waals surface area contributed by atoms with Gasteiger partial charge in [0.1, 0.15) is 11.5 Å². The van der Waals surface area contributed by atoms with Crippen molar-refractivity contribution in [3.05, 3.63) is 70.3 Å². The van der Waals surface area contributed by atoms with Crippen molar-refractivity contribution in [2.75, 3.05) is 33.8 Å². The summed E-state index contributed by atoms with van der Waals surface area (Å²) in [5.74, 6) is -0.274. The van der Waals surface area contributed by atoms with Crippen LogP contribution in [0.5, 0.6) is 5.75 Å². The highest BCUT2D eigenvalue weighted by Gasteiger charge is 2.45. The van der Waals surface area contributed by atoms with E-state index in [0.29, 0.717) is 31.2 Å². The summed E-state index contributed by atoms with van der Waals surface area (Å²) >= 11 is 0. The molecule has 1 amide bonds.